The number of benzene rings is 2. The van der Waals surface area contributed by atoms with Crippen molar-refractivity contribution in [2.45, 2.75) is 39.2 Å². The van der Waals surface area contributed by atoms with Crippen LogP contribution in [0.15, 0.2) is 42.5 Å². The monoisotopic (exact) mass is 322 g/mol. The molecule has 24 heavy (non-hydrogen) atoms. The van der Waals surface area contributed by atoms with Crippen molar-refractivity contribution in [3.8, 4) is 0 Å². The maximum absolute atomic E-state index is 12.2. The van der Waals surface area contributed by atoms with Gasteiger partial charge >= 0.3 is 0 Å². The second-order valence-electron chi connectivity index (χ2n) is 6.90. The third-order valence-corrected chi connectivity index (χ3v) is 4.51. The molecule has 124 valence electrons. The number of carbonyl (C=O) groups excluding carboxylic acids is 2. The third-order valence-electron chi connectivity index (χ3n) is 4.51. The molecule has 0 fully saturated rings. The molecular formula is C20H22N2O2. The highest BCUT2D eigenvalue weighted by atomic mass is 16.2. The minimum absolute atomic E-state index is 0.00134. The van der Waals surface area contributed by atoms with Gasteiger partial charge in [-0.05, 0) is 43.5 Å². The quantitative estimate of drug-likeness (QED) is 0.909. The van der Waals surface area contributed by atoms with Crippen molar-refractivity contribution >= 4 is 17.5 Å². The molecule has 4 nitrogen and oxygen atoms in total. The number of rotatable bonds is 4. The molecule has 0 atom stereocenters. The average molecular weight is 322 g/mol. The minimum atomic E-state index is -0.552. The largest absolute Gasteiger partial charge is 0.352 e. The number of hydrogen-bond acceptors (Lipinski definition) is 2. The second-order valence-corrected chi connectivity index (χ2v) is 6.90. The van der Waals surface area contributed by atoms with E-state index in [0.29, 0.717) is 13.0 Å². The summed E-state index contributed by atoms with van der Waals surface area (Å²) in [6.45, 7) is 6.36. The van der Waals surface area contributed by atoms with Crippen LogP contribution in [0.3, 0.4) is 0 Å². The summed E-state index contributed by atoms with van der Waals surface area (Å²) in [4.78, 5) is 24.2. The molecule has 2 aromatic rings. The molecule has 0 saturated carbocycles. The Morgan fingerprint density at radius 3 is 2.67 bits per heavy atom. The number of anilines is 1. The standard InChI is InChI=1S/C20H22N2O2/c1-13-5-4-6-15(9-13)12-21-18(23)11-14-7-8-17-16(10-14)20(2,3)19(24)22-17/h4-10H,11-12H2,1-3H3,(H,21,23)(H,22,24). The van der Waals surface area contributed by atoms with Gasteiger partial charge in [-0.25, -0.2) is 0 Å². The van der Waals surface area contributed by atoms with Gasteiger partial charge in [-0.3, -0.25) is 9.59 Å². The molecule has 0 saturated heterocycles. The van der Waals surface area contributed by atoms with Crippen LogP contribution in [0.25, 0.3) is 0 Å². The van der Waals surface area contributed by atoms with Crippen LogP contribution in [-0.2, 0) is 28.0 Å². The van der Waals surface area contributed by atoms with Gasteiger partial charge < -0.3 is 10.6 Å². The van der Waals surface area contributed by atoms with E-state index in [-0.39, 0.29) is 11.8 Å². The van der Waals surface area contributed by atoms with Crippen LogP contribution in [0, 0.1) is 6.92 Å². The molecule has 0 aromatic heterocycles. The van der Waals surface area contributed by atoms with Gasteiger partial charge in [-0.15, -0.1) is 0 Å². The summed E-state index contributed by atoms with van der Waals surface area (Å²) < 4.78 is 0. The highest BCUT2D eigenvalue weighted by molar-refractivity contribution is 6.05. The molecule has 0 bridgehead atoms. The van der Waals surface area contributed by atoms with Gasteiger partial charge in [0.1, 0.15) is 0 Å². The molecule has 2 amide bonds. The zero-order valence-corrected chi connectivity index (χ0v) is 14.3. The van der Waals surface area contributed by atoms with E-state index in [1.54, 1.807) is 0 Å². The fourth-order valence-electron chi connectivity index (χ4n) is 3.00. The van der Waals surface area contributed by atoms with Gasteiger partial charge in [0.05, 0.1) is 11.8 Å². The second kappa shape index (κ2) is 6.11. The fourth-order valence-corrected chi connectivity index (χ4v) is 3.00. The van der Waals surface area contributed by atoms with E-state index >= 15 is 0 Å². The van der Waals surface area contributed by atoms with Gasteiger partial charge in [0.15, 0.2) is 0 Å². The van der Waals surface area contributed by atoms with Gasteiger partial charge in [0.2, 0.25) is 11.8 Å². The van der Waals surface area contributed by atoms with Crippen LogP contribution in [0.4, 0.5) is 5.69 Å². The fraction of sp³-hybridized carbons (Fsp3) is 0.300. The smallest absolute Gasteiger partial charge is 0.234 e. The lowest BCUT2D eigenvalue weighted by Gasteiger charge is -2.15. The summed E-state index contributed by atoms with van der Waals surface area (Å²) in [5, 5.41) is 5.83. The Labute approximate surface area is 142 Å². The van der Waals surface area contributed by atoms with Crippen molar-refractivity contribution in [3.05, 3.63) is 64.7 Å². The maximum atomic E-state index is 12.2. The van der Waals surface area contributed by atoms with Crippen LogP contribution >= 0.6 is 0 Å². The minimum Gasteiger partial charge on any atom is -0.352 e. The van der Waals surface area contributed by atoms with Crippen molar-refractivity contribution in [1.29, 1.82) is 0 Å². The summed E-state index contributed by atoms with van der Waals surface area (Å²) in [7, 11) is 0. The summed E-state index contributed by atoms with van der Waals surface area (Å²) in [5.41, 5.74) is 4.43. The molecule has 0 radical (unpaired) electrons. The third kappa shape index (κ3) is 3.18. The predicted octanol–water partition coefficient (Wildman–Crippen LogP) is 3.08. The van der Waals surface area contributed by atoms with E-state index in [1.807, 2.05) is 57.2 Å². The highest BCUT2D eigenvalue weighted by Gasteiger charge is 2.38. The first kappa shape index (κ1) is 16.2. The highest BCUT2D eigenvalue weighted by Crippen LogP contribution is 2.37. The zero-order chi connectivity index (χ0) is 17.3. The molecule has 0 unspecified atom stereocenters. The van der Waals surface area contributed by atoms with Crippen LogP contribution in [0.2, 0.25) is 0 Å². The molecule has 4 heteroatoms. The summed E-state index contributed by atoms with van der Waals surface area (Å²) >= 11 is 0. The molecule has 1 aliphatic rings. The normalized spacial score (nSPS) is 14.9. The van der Waals surface area contributed by atoms with Crippen molar-refractivity contribution in [1.82, 2.24) is 5.32 Å². The first-order chi connectivity index (χ1) is 11.4. The van der Waals surface area contributed by atoms with Crippen LogP contribution in [-0.4, -0.2) is 11.8 Å². The van der Waals surface area contributed by atoms with E-state index in [1.165, 1.54) is 5.56 Å². The molecule has 1 heterocycles. The Hall–Kier alpha value is -2.62. The first-order valence-electron chi connectivity index (χ1n) is 8.13. The van der Waals surface area contributed by atoms with Crippen molar-refractivity contribution in [3.63, 3.8) is 0 Å². The van der Waals surface area contributed by atoms with E-state index in [9.17, 15) is 9.59 Å². The molecule has 1 aliphatic heterocycles. The number of carbonyl (C=O) groups is 2. The Bertz CT molecular complexity index is 809. The number of hydrogen-bond donors (Lipinski definition) is 2. The van der Waals surface area contributed by atoms with E-state index < -0.39 is 5.41 Å². The Balaban J connectivity index is 1.66. The Morgan fingerprint density at radius 1 is 1.12 bits per heavy atom. The number of amides is 2. The Kier molecular flexibility index (Phi) is 4.14. The predicted molar refractivity (Wildman–Crippen MR) is 94.8 cm³/mol. The molecule has 0 spiro atoms. The maximum Gasteiger partial charge on any atom is 0.234 e. The van der Waals surface area contributed by atoms with Gasteiger partial charge in [-0.2, -0.15) is 0 Å². The SMILES string of the molecule is Cc1cccc(CNC(=O)Cc2ccc3c(c2)C(C)(C)C(=O)N3)c1. The zero-order valence-electron chi connectivity index (χ0n) is 14.3. The van der Waals surface area contributed by atoms with Gasteiger partial charge in [0.25, 0.3) is 0 Å². The van der Waals surface area contributed by atoms with Crippen LogP contribution in [0.1, 0.15) is 36.1 Å². The van der Waals surface area contributed by atoms with Gasteiger partial charge in [-0.1, -0.05) is 42.0 Å². The summed E-state index contributed by atoms with van der Waals surface area (Å²) in [6, 6.07) is 13.8. The van der Waals surface area contributed by atoms with E-state index in [4.69, 9.17) is 0 Å². The molecule has 3 rings (SSSR count). The first-order valence-corrected chi connectivity index (χ1v) is 8.13. The number of fused-ring (bicyclic) bond motifs is 1. The summed E-state index contributed by atoms with van der Waals surface area (Å²) in [5.74, 6) is -0.0231. The number of aryl methyl sites for hydroxylation is 1. The lowest BCUT2D eigenvalue weighted by molar-refractivity contribution is -0.121. The Morgan fingerprint density at radius 2 is 1.92 bits per heavy atom. The summed E-state index contributed by atoms with van der Waals surface area (Å²) in [6.07, 6.45) is 0.309. The lowest BCUT2D eigenvalue weighted by Crippen LogP contribution is -2.27. The van der Waals surface area contributed by atoms with Crippen LogP contribution in [0.5, 0.6) is 0 Å². The van der Waals surface area contributed by atoms with Crippen molar-refractivity contribution in [2.75, 3.05) is 5.32 Å². The van der Waals surface area contributed by atoms with Crippen molar-refractivity contribution < 1.29 is 9.59 Å². The van der Waals surface area contributed by atoms with Crippen LogP contribution < -0.4 is 10.6 Å². The van der Waals surface area contributed by atoms with Crippen molar-refractivity contribution in [2.24, 2.45) is 0 Å². The molecule has 2 N–H and O–H groups in total. The average Bonchev–Trinajstić information content (AvgIpc) is 2.76. The van der Waals surface area contributed by atoms with Gasteiger partial charge in [0, 0.05) is 12.2 Å². The van der Waals surface area contributed by atoms with E-state index in [0.717, 1.165) is 22.4 Å². The molecule has 0 aliphatic carbocycles. The molecule has 2 aromatic carbocycles. The molecular weight excluding hydrogens is 300 g/mol. The topological polar surface area (TPSA) is 58.2 Å². The number of nitrogens with one attached hydrogen (secondary N) is 2. The lowest BCUT2D eigenvalue weighted by atomic mass is 9.85. The van der Waals surface area contributed by atoms with E-state index in [2.05, 4.69) is 16.7 Å².